The molecular formula is C33H26Cl2F3N3O3S. The molecule has 6 nitrogen and oxygen atoms in total. The Kier molecular flexibility index (Phi) is 11.3. The van der Waals surface area contributed by atoms with Gasteiger partial charge in [0.1, 0.15) is 5.70 Å². The Morgan fingerprint density at radius 3 is 2.29 bits per heavy atom. The average molecular weight is 673 g/mol. The van der Waals surface area contributed by atoms with Gasteiger partial charge in [-0.25, -0.2) is 0 Å². The van der Waals surface area contributed by atoms with E-state index in [1.54, 1.807) is 85.8 Å². The molecule has 0 saturated heterocycles. The number of thioether (sulfide) groups is 1. The third-order valence-electron chi connectivity index (χ3n) is 6.27. The normalized spacial score (nSPS) is 12.3. The molecule has 45 heavy (non-hydrogen) atoms. The van der Waals surface area contributed by atoms with E-state index >= 15 is 0 Å². The van der Waals surface area contributed by atoms with Crippen LogP contribution in [0.3, 0.4) is 0 Å². The number of rotatable bonds is 10. The number of hydrogen-bond acceptors (Lipinski definition) is 4. The van der Waals surface area contributed by atoms with Gasteiger partial charge in [-0.05, 0) is 78.7 Å². The van der Waals surface area contributed by atoms with E-state index in [0.29, 0.717) is 33.2 Å². The second-order valence-corrected chi connectivity index (χ2v) is 11.7. The van der Waals surface area contributed by atoms with Gasteiger partial charge in [0.05, 0.1) is 21.5 Å². The summed E-state index contributed by atoms with van der Waals surface area (Å²) in [5, 5.41) is 7.66. The number of alkyl halides is 3. The van der Waals surface area contributed by atoms with Crippen LogP contribution in [0.5, 0.6) is 0 Å². The summed E-state index contributed by atoms with van der Waals surface area (Å²) in [5.74, 6) is -1.63. The van der Waals surface area contributed by atoms with E-state index in [4.69, 9.17) is 23.2 Å². The molecule has 0 aliphatic heterocycles. The topological polar surface area (TPSA) is 87.3 Å². The van der Waals surface area contributed by atoms with Gasteiger partial charge in [-0.15, -0.1) is 11.8 Å². The van der Waals surface area contributed by atoms with Crippen LogP contribution < -0.4 is 16.0 Å². The minimum atomic E-state index is -4.60. The third kappa shape index (κ3) is 9.62. The first-order chi connectivity index (χ1) is 21.4. The summed E-state index contributed by atoms with van der Waals surface area (Å²) in [6.45, 7) is 1.76. The highest BCUT2D eigenvalue weighted by atomic mass is 35.5. The van der Waals surface area contributed by atoms with Crippen molar-refractivity contribution in [1.82, 2.24) is 5.32 Å². The van der Waals surface area contributed by atoms with Crippen LogP contribution in [0.4, 0.5) is 24.5 Å². The van der Waals surface area contributed by atoms with E-state index in [9.17, 15) is 27.6 Å². The van der Waals surface area contributed by atoms with Crippen molar-refractivity contribution in [1.29, 1.82) is 0 Å². The van der Waals surface area contributed by atoms with Gasteiger partial charge in [0.15, 0.2) is 0 Å². The predicted octanol–water partition coefficient (Wildman–Crippen LogP) is 8.93. The summed E-state index contributed by atoms with van der Waals surface area (Å²) in [4.78, 5) is 39.9. The van der Waals surface area contributed by atoms with E-state index < -0.39 is 34.7 Å². The summed E-state index contributed by atoms with van der Waals surface area (Å²) < 4.78 is 39.5. The molecule has 0 bridgehead atoms. The Labute approximate surface area is 272 Å². The molecule has 0 saturated carbocycles. The fraction of sp³-hybridized carbons (Fsp3) is 0.121. The zero-order valence-electron chi connectivity index (χ0n) is 23.6. The SMILES string of the molecule is CCC(Sc1cccc(NC(=O)/C(=C/c2cccc(Cl)c2)NC(=O)c2ccccc2)c1)C(=O)Nc1cc(C(F)(F)F)ccc1Cl. The van der Waals surface area contributed by atoms with Gasteiger partial charge in [0, 0.05) is 21.2 Å². The molecule has 4 aromatic rings. The number of amides is 3. The highest BCUT2D eigenvalue weighted by Gasteiger charge is 2.31. The van der Waals surface area contributed by atoms with E-state index in [-0.39, 0.29) is 16.4 Å². The fourth-order valence-corrected chi connectivity index (χ4v) is 5.42. The summed E-state index contributed by atoms with van der Waals surface area (Å²) in [5.41, 5.74) is 0.210. The third-order valence-corrected chi connectivity index (χ3v) is 8.20. The lowest BCUT2D eigenvalue weighted by Gasteiger charge is -2.17. The molecule has 0 fully saturated rings. The van der Waals surface area contributed by atoms with Crippen LogP contribution in [-0.2, 0) is 15.8 Å². The lowest BCUT2D eigenvalue weighted by Crippen LogP contribution is -2.30. The van der Waals surface area contributed by atoms with Crippen molar-refractivity contribution in [3.63, 3.8) is 0 Å². The highest BCUT2D eigenvalue weighted by molar-refractivity contribution is 8.00. The Balaban J connectivity index is 1.50. The Hall–Kier alpha value is -4.25. The summed E-state index contributed by atoms with van der Waals surface area (Å²) in [6.07, 6.45) is -2.75. The van der Waals surface area contributed by atoms with Gasteiger partial charge in [-0.3, -0.25) is 14.4 Å². The van der Waals surface area contributed by atoms with Crippen molar-refractivity contribution in [3.05, 3.63) is 129 Å². The molecule has 232 valence electrons. The zero-order valence-corrected chi connectivity index (χ0v) is 26.0. The first-order valence-corrected chi connectivity index (χ1v) is 15.2. The number of hydrogen-bond donors (Lipinski definition) is 3. The molecule has 4 rings (SSSR count). The average Bonchev–Trinajstić information content (AvgIpc) is 3.00. The Morgan fingerprint density at radius 2 is 1.60 bits per heavy atom. The van der Waals surface area contributed by atoms with Crippen molar-refractivity contribution in [2.45, 2.75) is 29.7 Å². The smallest absolute Gasteiger partial charge is 0.324 e. The standard InChI is InChI=1S/C33H26Cl2F3N3O3S/c1-2-29(32(44)40-27-18-22(33(36,37)38)14-15-26(27)35)45-25-13-7-12-24(19-25)39-31(43)28(17-20-8-6-11-23(34)16-20)41-30(42)21-9-4-3-5-10-21/h3-19,29H,2H2,1H3,(H,39,43)(H,40,44)(H,41,42)/b28-17-. The molecule has 0 heterocycles. The predicted molar refractivity (Wildman–Crippen MR) is 173 cm³/mol. The first kappa shape index (κ1) is 33.6. The lowest BCUT2D eigenvalue weighted by atomic mass is 10.1. The molecule has 4 aromatic carbocycles. The van der Waals surface area contributed by atoms with Crippen molar-refractivity contribution in [2.75, 3.05) is 10.6 Å². The maximum atomic E-state index is 13.4. The molecular weight excluding hydrogens is 646 g/mol. The fourth-order valence-electron chi connectivity index (χ4n) is 4.05. The minimum absolute atomic E-state index is 0.0260. The van der Waals surface area contributed by atoms with Crippen LogP contribution in [-0.4, -0.2) is 23.0 Å². The summed E-state index contributed by atoms with van der Waals surface area (Å²) in [7, 11) is 0. The van der Waals surface area contributed by atoms with Crippen LogP contribution >= 0.6 is 35.0 Å². The van der Waals surface area contributed by atoms with E-state index in [1.807, 2.05) is 0 Å². The second-order valence-electron chi connectivity index (χ2n) is 9.61. The van der Waals surface area contributed by atoms with E-state index in [2.05, 4.69) is 16.0 Å². The largest absolute Gasteiger partial charge is 0.416 e. The van der Waals surface area contributed by atoms with Gasteiger partial charge < -0.3 is 16.0 Å². The number of halogens is 5. The highest BCUT2D eigenvalue weighted by Crippen LogP contribution is 2.35. The molecule has 3 amide bonds. The van der Waals surface area contributed by atoms with Gasteiger partial charge in [0.25, 0.3) is 11.8 Å². The lowest BCUT2D eigenvalue weighted by molar-refractivity contribution is -0.137. The van der Waals surface area contributed by atoms with E-state index in [0.717, 1.165) is 18.2 Å². The van der Waals surface area contributed by atoms with Crippen molar-refractivity contribution >= 4 is 70.1 Å². The summed E-state index contributed by atoms with van der Waals surface area (Å²) in [6, 6.07) is 24.6. The first-order valence-electron chi connectivity index (χ1n) is 13.5. The molecule has 0 spiro atoms. The molecule has 1 unspecified atom stereocenters. The zero-order chi connectivity index (χ0) is 32.6. The maximum absolute atomic E-state index is 13.4. The van der Waals surface area contributed by atoms with Gasteiger partial charge in [-0.2, -0.15) is 13.2 Å². The van der Waals surface area contributed by atoms with Crippen LogP contribution in [0, 0.1) is 0 Å². The second kappa shape index (κ2) is 15.2. The number of carbonyl (C=O) groups excluding carboxylic acids is 3. The summed E-state index contributed by atoms with van der Waals surface area (Å²) >= 11 is 13.3. The van der Waals surface area contributed by atoms with Crippen LogP contribution in [0.25, 0.3) is 6.08 Å². The molecule has 0 aromatic heterocycles. The number of anilines is 2. The van der Waals surface area contributed by atoms with Gasteiger partial charge in [0.2, 0.25) is 5.91 Å². The Morgan fingerprint density at radius 1 is 0.867 bits per heavy atom. The van der Waals surface area contributed by atoms with Crippen LogP contribution in [0.15, 0.2) is 108 Å². The monoisotopic (exact) mass is 671 g/mol. The number of nitrogens with one attached hydrogen (secondary N) is 3. The maximum Gasteiger partial charge on any atom is 0.416 e. The molecule has 0 radical (unpaired) electrons. The van der Waals surface area contributed by atoms with Crippen LogP contribution in [0.2, 0.25) is 10.0 Å². The van der Waals surface area contributed by atoms with Gasteiger partial charge in [-0.1, -0.05) is 66.5 Å². The molecule has 12 heteroatoms. The molecule has 3 N–H and O–H groups in total. The van der Waals surface area contributed by atoms with Crippen molar-refractivity contribution in [2.24, 2.45) is 0 Å². The minimum Gasteiger partial charge on any atom is -0.324 e. The van der Waals surface area contributed by atoms with E-state index in [1.165, 1.54) is 17.8 Å². The number of benzene rings is 4. The molecule has 0 aliphatic rings. The number of carbonyl (C=O) groups is 3. The molecule has 1 atom stereocenters. The van der Waals surface area contributed by atoms with Crippen LogP contribution in [0.1, 0.15) is 34.8 Å². The molecule has 0 aliphatic carbocycles. The van der Waals surface area contributed by atoms with Gasteiger partial charge >= 0.3 is 6.18 Å². The van der Waals surface area contributed by atoms with Crippen molar-refractivity contribution in [3.8, 4) is 0 Å². The van der Waals surface area contributed by atoms with Crippen molar-refractivity contribution < 1.29 is 27.6 Å². The quantitative estimate of drug-likeness (QED) is 0.116. The Bertz CT molecular complexity index is 1730.